The van der Waals surface area contributed by atoms with Crippen LogP contribution in [0.25, 0.3) is 10.4 Å². The number of carbonyl (C=O) groups is 2. The Balaban J connectivity index is 1.52. The molecule has 1 saturated heterocycles. The van der Waals surface area contributed by atoms with Crippen LogP contribution in [0.5, 0.6) is 0 Å². The molecule has 2 amide bonds. The summed E-state index contributed by atoms with van der Waals surface area (Å²) < 4.78 is 0. The lowest BCUT2D eigenvalue weighted by Crippen LogP contribution is -2.45. The van der Waals surface area contributed by atoms with E-state index in [1.807, 2.05) is 29.6 Å². The molecule has 1 aliphatic heterocycles. The number of rotatable bonds is 6. The predicted molar refractivity (Wildman–Crippen MR) is 129 cm³/mol. The van der Waals surface area contributed by atoms with Crippen LogP contribution in [0.15, 0.2) is 60.0 Å². The zero-order valence-electron chi connectivity index (χ0n) is 18.0. The van der Waals surface area contributed by atoms with Gasteiger partial charge in [-0.15, -0.1) is 11.3 Å². The highest BCUT2D eigenvalue weighted by molar-refractivity contribution is 7.13. The number of nitrogens with two attached hydrogens (primary N) is 1. The molecule has 2 aromatic carbocycles. The van der Waals surface area contributed by atoms with E-state index in [2.05, 4.69) is 5.32 Å². The van der Waals surface area contributed by atoms with Gasteiger partial charge < -0.3 is 21.1 Å². The first kappa shape index (κ1) is 22.0. The van der Waals surface area contributed by atoms with Gasteiger partial charge in [0.05, 0.1) is 11.4 Å². The Morgan fingerprint density at radius 3 is 2.47 bits per heavy atom. The van der Waals surface area contributed by atoms with E-state index < -0.39 is 5.60 Å². The van der Waals surface area contributed by atoms with Crippen LogP contribution in [0.2, 0.25) is 0 Å². The van der Waals surface area contributed by atoms with Crippen LogP contribution in [0.3, 0.4) is 0 Å². The SMILES string of the molecule is CCC(O)(C(=O)N1CCCC1)c1ccc(C(=O)Nc2cc(-c3cccs3)ccc2N)cc1. The minimum atomic E-state index is -1.58. The molecule has 1 aliphatic rings. The van der Waals surface area contributed by atoms with E-state index in [1.165, 1.54) is 0 Å². The van der Waals surface area contributed by atoms with Crippen molar-refractivity contribution in [2.24, 2.45) is 0 Å². The Kier molecular flexibility index (Phi) is 6.30. The molecule has 0 aliphatic carbocycles. The summed E-state index contributed by atoms with van der Waals surface area (Å²) in [6.45, 7) is 3.14. The van der Waals surface area contributed by atoms with Crippen molar-refractivity contribution >= 4 is 34.5 Å². The lowest BCUT2D eigenvalue weighted by atomic mass is 9.89. The molecule has 32 heavy (non-hydrogen) atoms. The van der Waals surface area contributed by atoms with Gasteiger partial charge in [0, 0.05) is 23.5 Å². The molecule has 4 rings (SSSR count). The van der Waals surface area contributed by atoms with Crippen molar-refractivity contribution in [3.8, 4) is 10.4 Å². The lowest BCUT2D eigenvalue weighted by Gasteiger charge is -2.30. The summed E-state index contributed by atoms with van der Waals surface area (Å²) in [7, 11) is 0. The van der Waals surface area contributed by atoms with E-state index in [0.29, 0.717) is 35.6 Å². The van der Waals surface area contributed by atoms with Crippen molar-refractivity contribution in [3.05, 3.63) is 71.1 Å². The van der Waals surface area contributed by atoms with Crippen LogP contribution < -0.4 is 11.1 Å². The second kappa shape index (κ2) is 9.14. The number of aliphatic hydroxyl groups is 1. The van der Waals surface area contributed by atoms with Gasteiger partial charge in [0.15, 0.2) is 5.60 Å². The fraction of sp³-hybridized carbons (Fsp3) is 0.280. The molecule has 6 nitrogen and oxygen atoms in total. The fourth-order valence-electron chi connectivity index (χ4n) is 4.01. The number of nitrogens with one attached hydrogen (secondary N) is 1. The number of hydrogen-bond acceptors (Lipinski definition) is 5. The Morgan fingerprint density at radius 1 is 1.12 bits per heavy atom. The average Bonchev–Trinajstić information content (AvgIpc) is 3.54. The molecule has 0 saturated carbocycles. The Bertz CT molecular complexity index is 1110. The second-order valence-corrected chi connectivity index (χ2v) is 8.97. The van der Waals surface area contributed by atoms with E-state index in [9.17, 15) is 14.7 Å². The number of carbonyl (C=O) groups excluding carboxylic acids is 2. The van der Waals surface area contributed by atoms with Crippen molar-refractivity contribution in [1.82, 2.24) is 4.90 Å². The minimum absolute atomic E-state index is 0.264. The second-order valence-electron chi connectivity index (χ2n) is 8.02. The molecule has 1 atom stereocenters. The van der Waals surface area contributed by atoms with Gasteiger partial charge >= 0.3 is 0 Å². The molecule has 4 N–H and O–H groups in total. The van der Waals surface area contributed by atoms with Crippen LogP contribution in [0, 0.1) is 0 Å². The summed E-state index contributed by atoms with van der Waals surface area (Å²) in [6.07, 6.45) is 2.18. The summed E-state index contributed by atoms with van der Waals surface area (Å²) in [5, 5.41) is 16.0. The zero-order valence-corrected chi connectivity index (χ0v) is 18.8. The van der Waals surface area contributed by atoms with E-state index in [-0.39, 0.29) is 18.2 Å². The van der Waals surface area contributed by atoms with Gasteiger partial charge in [-0.25, -0.2) is 0 Å². The molecule has 7 heteroatoms. The molecular weight excluding hydrogens is 422 g/mol. The molecule has 0 radical (unpaired) electrons. The van der Waals surface area contributed by atoms with Gasteiger partial charge in [-0.1, -0.05) is 31.2 Å². The van der Waals surface area contributed by atoms with Crippen molar-refractivity contribution in [1.29, 1.82) is 0 Å². The maximum absolute atomic E-state index is 12.9. The van der Waals surface area contributed by atoms with E-state index >= 15 is 0 Å². The van der Waals surface area contributed by atoms with Gasteiger partial charge in [-0.2, -0.15) is 0 Å². The summed E-state index contributed by atoms with van der Waals surface area (Å²) in [5.74, 6) is -0.578. The topological polar surface area (TPSA) is 95.7 Å². The van der Waals surface area contributed by atoms with Crippen LogP contribution in [-0.4, -0.2) is 34.9 Å². The van der Waals surface area contributed by atoms with Crippen LogP contribution in [0.4, 0.5) is 11.4 Å². The maximum Gasteiger partial charge on any atom is 0.259 e. The van der Waals surface area contributed by atoms with Crippen LogP contribution in [0.1, 0.15) is 42.1 Å². The van der Waals surface area contributed by atoms with E-state index in [4.69, 9.17) is 5.73 Å². The molecule has 166 valence electrons. The van der Waals surface area contributed by atoms with Gasteiger partial charge in [0.1, 0.15) is 0 Å². The van der Waals surface area contributed by atoms with Crippen LogP contribution in [-0.2, 0) is 10.4 Å². The third kappa shape index (κ3) is 4.26. The Labute approximate surface area is 191 Å². The van der Waals surface area contributed by atoms with Crippen molar-refractivity contribution in [2.75, 3.05) is 24.1 Å². The number of nitrogen functional groups attached to an aromatic ring is 1. The third-order valence-electron chi connectivity index (χ3n) is 5.99. The predicted octanol–water partition coefficient (Wildman–Crippen LogP) is 4.47. The van der Waals surface area contributed by atoms with Gasteiger partial charge in [0.2, 0.25) is 0 Å². The fourth-order valence-corrected chi connectivity index (χ4v) is 4.74. The quantitative estimate of drug-likeness (QED) is 0.484. The first-order valence-corrected chi connectivity index (χ1v) is 11.7. The molecule has 0 bridgehead atoms. The summed E-state index contributed by atoms with van der Waals surface area (Å²) >= 11 is 1.61. The summed E-state index contributed by atoms with van der Waals surface area (Å²) in [6, 6.07) is 16.1. The molecule has 0 spiro atoms. The Morgan fingerprint density at radius 2 is 1.84 bits per heavy atom. The molecule has 3 aromatic rings. The van der Waals surface area contributed by atoms with Gasteiger partial charge in [0.25, 0.3) is 11.8 Å². The molecule has 1 unspecified atom stereocenters. The molecule has 1 fully saturated rings. The minimum Gasteiger partial charge on any atom is -0.397 e. The number of thiophene rings is 1. The number of nitrogens with zero attached hydrogens (tertiary/aromatic N) is 1. The monoisotopic (exact) mass is 449 g/mol. The molecule has 2 heterocycles. The highest BCUT2D eigenvalue weighted by atomic mass is 32.1. The standard InChI is InChI=1S/C25H27N3O3S/c1-2-25(31,24(30)28-13-3-4-14-28)19-10-7-17(8-11-19)23(29)27-21-16-18(9-12-20(21)26)22-6-5-15-32-22/h5-12,15-16,31H,2-4,13-14,26H2,1H3,(H,27,29). The Hall–Kier alpha value is -3.16. The van der Waals surface area contributed by atoms with Crippen molar-refractivity contribution in [2.45, 2.75) is 31.8 Å². The normalized spacial score (nSPS) is 15.4. The summed E-state index contributed by atoms with van der Waals surface area (Å²) in [5.41, 5.74) is 7.40. The first-order chi connectivity index (χ1) is 15.4. The number of hydrogen-bond donors (Lipinski definition) is 3. The molecule has 1 aromatic heterocycles. The van der Waals surface area contributed by atoms with E-state index in [0.717, 1.165) is 23.3 Å². The van der Waals surface area contributed by atoms with E-state index in [1.54, 1.807) is 53.5 Å². The molecular formula is C25H27N3O3S. The van der Waals surface area contributed by atoms with Crippen LogP contribution >= 0.6 is 11.3 Å². The number of likely N-dealkylation sites (tertiary alicyclic amines) is 1. The third-order valence-corrected chi connectivity index (χ3v) is 6.91. The maximum atomic E-state index is 12.9. The van der Waals surface area contributed by atoms with Gasteiger partial charge in [-0.3, -0.25) is 9.59 Å². The zero-order chi connectivity index (χ0) is 22.7. The van der Waals surface area contributed by atoms with Crippen molar-refractivity contribution < 1.29 is 14.7 Å². The van der Waals surface area contributed by atoms with Gasteiger partial charge in [-0.05, 0) is 66.1 Å². The smallest absolute Gasteiger partial charge is 0.259 e. The number of amides is 2. The highest BCUT2D eigenvalue weighted by Gasteiger charge is 2.40. The highest BCUT2D eigenvalue weighted by Crippen LogP contribution is 2.31. The average molecular weight is 450 g/mol. The largest absolute Gasteiger partial charge is 0.397 e. The first-order valence-electron chi connectivity index (χ1n) is 10.8. The lowest BCUT2D eigenvalue weighted by molar-refractivity contribution is -0.151. The number of benzene rings is 2. The number of anilines is 2. The summed E-state index contributed by atoms with van der Waals surface area (Å²) in [4.78, 5) is 28.6. The van der Waals surface area contributed by atoms with Crippen molar-refractivity contribution in [3.63, 3.8) is 0 Å².